The lowest BCUT2D eigenvalue weighted by molar-refractivity contribution is -0.132. The summed E-state index contributed by atoms with van der Waals surface area (Å²) in [5, 5.41) is 1.75. The third-order valence-electron chi connectivity index (χ3n) is 6.45. The average Bonchev–Trinajstić information content (AvgIpc) is 3.34. The van der Waals surface area contributed by atoms with Crippen LogP contribution in [0.25, 0.3) is 10.9 Å². The van der Waals surface area contributed by atoms with Crippen molar-refractivity contribution < 1.29 is 18.7 Å². The molecular weight excluding hydrogens is 505 g/mol. The van der Waals surface area contributed by atoms with E-state index in [1.54, 1.807) is 24.1 Å². The number of nitrogens with zero attached hydrogens (tertiary/aromatic N) is 2. The van der Waals surface area contributed by atoms with Gasteiger partial charge in [-0.2, -0.15) is 0 Å². The van der Waals surface area contributed by atoms with Crippen molar-refractivity contribution in [1.29, 1.82) is 0 Å². The van der Waals surface area contributed by atoms with E-state index in [1.807, 2.05) is 36.5 Å². The van der Waals surface area contributed by atoms with E-state index in [9.17, 15) is 14.0 Å². The lowest BCUT2D eigenvalue weighted by Gasteiger charge is -2.28. The first-order valence-corrected chi connectivity index (χ1v) is 12.9. The minimum atomic E-state index is -0.421. The second kappa shape index (κ2) is 13.2. The molecule has 2 amide bonds. The molecule has 3 aromatic carbocycles. The number of aromatic nitrogens is 1. The fourth-order valence-corrected chi connectivity index (χ4v) is 4.51. The van der Waals surface area contributed by atoms with Crippen LogP contribution in [0.4, 0.5) is 4.39 Å². The maximum absolute atomic E-state index is 13.7. The second-order valence-corrected chi connectivity index (χ2v) is 9.57. The Labute approximate surface area is 227 Å². The monoisotopic (exact) mass is 535 g/mol. The van der Waals surface area contributed by atoms with Gasteiger partial charge in [0.25, 0.3) is 5.91 Å². The third-order valence-corrected chi connectivity index (χ3v) is 6.70. The van der Waals surface area contributed by atoms with Gasteiger partial charge >= 0.3 is 0 Å². The number of amides is 2. The Bertz CT molecular complexity index is 1360. The van der Waals surface area contributed by atoms with E-state index in [1.165, 1.54) is 29.2 Å². The number of hydrogen-bond acceptors (Lipinski definition) is 3. The van der Waals surface area contributed by atoms with Gasteiger partial charge in [0, 0.05) is 61.0 Å². The van der Waals surface area contributed by atoms with Crippen LogP contribution in [0.15, 0.2) is 79.0 Å². The molecule has 0 atom stereocenters. The minimum Gasteiger partial charge on any atom is -0.385 e. The lowest BCUT2D eigenvalue weighted by Crippen LogP contribution is -2.44. The summed E-state index contributed by atoms with van der Waals surface area (Å²) < 4.78 is 18.6. The van der Waals surface area contributed by atoms with Gasteiger partial charge in [-0.15, -0.1) is 0 Å². The average molecular weight is 536 g/mol. The molecule has 0 fully saturated rings. The highest BCUT2D eigenvalue weighted by atomic mass is 35.5. The molecule has 0 spiro atoms. The van der Waals surface area contributed by atoms with Crippen LogP contribution >= 0.6 is 11.6 Å². The number of ether oxygens (including phenoxy) is 1. The fraction of sp³-hybridized carbons (Fsp3) is 0.267. The SMILES string of the molecule is COCCCN(CC(=O)N(CCc1c[nH]c2ccccc12)Cc1ccc(Cl)cc1)C(=O)c1ccc(F)cc1. The van der Waals surface area contributed by atoms with Crippen molar-refractivity contribution in [3.05, 3.63) is 107 Å². The van der Waals surface area contributed by atoms with E-state index in [4.69, 9.17) is 16.3 Å². The van der Waals surface area contributed by atoms with Gasteiger partial charge in [-0.3, -0.25) is 9.59 Å². The maximum atomic E-state index is 13.7. The summed E-state index contributed by atoms with van der Waals surface area (Å²) >= 11 is 6.07. The van der Waals surface area contributed by atoms with E-state index < -0.39 is 5.82 Å². The first-order valence-electron chi connectivity index (χ1n) is 12.6. The molecule has 0 saturated carbocycles. The molecule has 6 nitrogen and oxygen atoms in total. The molecule has 1 aromatic heterocycles. The molecule has 0 bridgehead atoms. The number of carbonyl (C=O) groups is 2. The van der Waals surface area contributed by atoms with Crippen molar-refractivity contribution in [1.82, 2.24) is 14.8 Å². The van der Waals surface area contributed by atoms with E-state index in [0.29, 0.717) is 49.7 Å². The summed E-state index contributed by atoms with van der Waals surface area (Å²) in [5.41, 5.74) is 3.44. The highest BCUT2D eigenvalue weighted by Gasteiger charge is 2.23. The summed E-state index contributed by atoms with van der Waals surface area (Å²) in [6, 6.07) is 20.8. The van der Waals surface area contributed by atoms with Crippen LogP contribution in [0.5, 0.6) is 0 Å². The summed E-state index contributed by atoms with van der Waals surface area (Å²) in [6.45, 7) is 1.56. The highest BCUT2D eigenvalue weighted by molar-refractivity contribution is 6.30. The van der Waals surface area contributed by atoms with Gasteiger partial charge in [0.15, 0.2) is 0 Å². The molecule has 8 heteroatoms. The van der Waals surface area contributed by atoms with Crippen LogP contribution in [0.1, 0.15) is 27.9 Å². The predicted octanol–water partition coefficient (Wildman–Crippen LogP) is 5.71. The normalized spacial score (nSPS) is 11.0. The molecule has 0 saturated heterocycles. The van der Waals surface area contributed by atoms with Crippen molar-refractivity contribution >= 4 is 34.3 Å². The van der Waals surface area contributed by atoms with E-state index in [0.717, 1.165) is 22.0 Å². The largest absolute Gasteiger partial charge is 0.385 e. The number of nitrogens with one attached hydrogen (secondary N) is 1. The Morgan fingerprint density at radius 3 is 2.42 bits per heavy atom. The van der Waals surface area contributed by atoms with Crippen LogP contribution in [0.3, 0.4) is 0 Å². The van der Waals surface area contributed by atoms with Gasteiger partial charge in [0.2, 0.25) is 5.91 Å². The predicted molar refractivity (Wildman–Crippen MR) is 148 cm³/mol. The zero-order valence-electron chi connectivity index (χ0n) is 21.3. The number of halogens is 2. The van der Waals surface area contributed by atoms with Gasteiger partial charge in [-0.1, -0.05) is 41.9 Å². The van der Waals surface area contributed by atoms with E-state index in [2.05, 4.69) is 11.1 Å². The molecule has 38 heavy (non-hydrogen) atoms. The van der Waals surface area contributed by atoms with Gasteiger partial charge in [-0.05, 0) is 66.4 Å². The number of H-pyrrole nitrogens is 1. The standard InChI is InChI=1S/C30H31ClFN3O3/c1-38-18-4-16-35(30(37)23-9-13-26(32)14-10-23)21-29(36)34(20-22-7-11-25(31)12-8-22)17-15-24-19-33-28-6-3-2-5-27(24)28/h2-3,5-14,19,33H,4,15-18,20-21H2,1H3. The number of methoxy groups -OCH3 is 1. The van der Waals surface area contributed by atoms with E-state index in [-0.39, 0.29) is 18.4 Å². The molecule has 4 aromatic rings. The fourth-order valence-electron chi connectivity index (χ4n) is 4.39. The maximum Gasteiger partial charge on any atom is 0.254 e. The summed E-state index contributed by atoms with van der Waals surface area (Å²) in [6.07, 6.45) is 3.20. The lowest BCUT2D eigenvalue weighted by atomic mass is 10.1. The zero-order valence-corrected chi connectivity index (χ0v) is 22.1. The number of hydrogen-bond donors (Lipinski definition) is 1. The minimum absolute atomic E-state index is 0.0958. The van der Waals surface area contributed by atoms with Crippen LogP contribution in [0, 0.1) is 5.82 Å². The Hall–Kier alpha value is -3.68. The zero-order chi connectivity index (χ0) is 26.9. The van der Waals surface area contributed by atoms with Crippen LogP contribution in [-0.2, 0) is 22.5 Å². The molecular formula is C30H31ClFN3O3. The Kier molecular flexibility index (Phi) is 9.51. The molecule has 1 heterocycles. The van der Waals surface area contributed by atoms with Crippen molar-refractivity contribution in [2.45, 2.75) is 19.4 Å². The quantitative estimate of drug-likeness (QED) is 0.236. The number of benzene rings is 3. The van der Waals surface area contributed by atoms with Crippen molar-refractivity contribution in [3.8, 4) is 0 Å². The van der Waals surface area contributed by atoms with Crippen LogP contribution < -0.4 is 0 Å². The van der Waals surface area contributed by atoms with Crippen molar-refractivity contribution in [3.63, 3.8) is 0 Å². The van der Waals surface area contributed by atoms with Crippen molar-refractivity contribution in [2.24, 2.45) is 0 Å². The van der Waals surface area contributed by atoms with Gasteiger partial charge in [-0.25, -0.2) is 4.39 Å². The summed E-state index contributed by atoms with van der Waals surface area (Å²) in [4.78, 5) is 33.5. The molecule has 198 valence electrons. The van der Waals surface area contributed by atoms with Gasteiger partial charge in [0.05, 0.1) is 0 Å². The Morgan fingerprint density at radius 1 is 0.947 bits per heavy atom. The number of fused-ring (bicyclic) bond motifs is 1. The first-order chi connectivity index (χ1) is 18.4. The molecule has 0 aliphatic heterocycles. The number of carbonyl (C=O) groups excluding carboxylic acids is 2. The molecule has 0 radical (unpaired) electrons. The number of aromatic amines is 1. The smallest absolute Gasteiger partial charge is 0.254 e. The number of para-hydroxylation sites is 1. The van der Waals surface area contributed by atoms with E-state index >= 15 is 0 Å². The molecule has 0 unspecified atom stereocenters. The van der Waals surface area contributed by atoms with Crippen LogP contribution in [-0.4, -0.2) is 59.9 Å². The topological polar surface area (TPSA) is 65.6 Å². The summed E-state index contributed by atoms with van der Waals surface area (Å²) in [5.74, 6) is -0.917. The molecule has 0 aliphatic carbocycles. The first kappa shape index (κ1) is 27.4. The summed E-state index contributed by atoms with van der Waals surface area (Å²) in [7, 11) is 1.59. The third kappa shape index (κ3) is 7.21. The molecule has 1 N–H and O–H groups in total. The van der Waals surface area contributed by atoms with Gasteiger partial charge in [0.1, 0.15) is 12.4 Å². The molecule has 0 aliphatic rings. The van der Waals surface area contributed by atoms with Crippen molar-refractivity contribution in [2.75, 3.05) is 33.4 Å². The highest BCUT2D eigenvalue weighted by Crippen LogP contribution is 2.19. The van der Waals surface area contributed by atoms with Gasteiger partial charge < -0.3 is 19.5 Å². The Morgan fingerprint density at radius 2 is 1.68 bits per heavy atom. The van der Waals surface area contributed by atoms with Crippen LogP contribution in [0.2, 0.25) is 5.02 Å². The molecule has 4 rings (SSSR count). The Balaban J connectivity index is 1.53. The number of rotatable bonds is 12. The second-order valence-electron chi connectivity index (χ2n) is 9.13.